The number of nitrogens with one attached hydrogen (secondary N) is 1. The Kier molecular flexibility index (Phi) is 7.34. The molecule has 0 aliphatic heterocycles. The Bertz CT molecular complexity index is 1130. The largest absolute Gasteiger partial charge is 0.493 e. The Labute approximate surface area is 197 Å². The van der Waals surface area contributed by atoms with Crippen LogP contribution < -0.4 is 19.5 Å². The maximum absolute atomic E-state index is 12.2. The van der Waals surface area contributed by atoms with Gasteiger partial charge in [-0.2, -0.15) is 0 Å². The van der Waals surface area contributed by atoms with E-state index in [-0.39, 0.29) is 0 Å². The van der Waals surface area contributed by atoms with E-state index < -0.39 is 6.09 Å². The van der Waals surface area contributed by atoms with E-state index in [2.05, 4.69) is 15.3 Å². The summed E-state index contributed by atoms with van der Waals surface area (Å²) < 4.78 is 22.0. The minimum atomic E-state index is -0.515. The number of carbonyl (C=O) groups is 1. The molecule has 0 bridgehead atoms. The molecule has 1 saturated carbocycles. The first kappa shape index (κ1) is 22.9. The lowest BCUT2D eigenvalue weighted by atomic mass is 9.90. The molecule has 4 rings (SSSR count). The van der Waals surface area contributed by atoms with Crippen LogP contribution in [-0.4, -0.2) is 36.9 Å². The predicted octanol–water partition coefficient (Wildman–Crippen LogP) is 6.22. The van der Waals surface area contributed by atoms with Gasteiger partial charge >= 0.3 is 6.09 Å². The Balaban J connectivity index is 1.45. The zero-order valence-electron chi connectivity index (χ0n) is 18.6. The topological polar surface area (TPSA) is 91.8 Å². The average molecular weight is 472 g/mol. The third-order valence-electron chi connectivity index (χ3n) is 5.67. The van der Waals surface area contributed by atoms with Crippen molar-refractivity contribution in [3.63, 3.8) is 0 Å². The van der Waals surface area contributed by atoms with Crippen LogP contribution in [0.4, 0.5) is 10.5 Å². The number of hydrogen-bond acceptors (Lipinski definition) is 7. The minimum Gasteiger partial charge on any atom is -0.493 e. The number of ether oxygens (including phenoxy) is 4. The highest BCUT2D eigenvalue weighted by molar-refractivity contribution is 6.33. The van der Waals surface area contributed by atoms with Crippen molar-refractivity contribution in [3.05, 3.63) is 41.7 Å². The summed E-state index contributed by atoms with van der Waals surface area (Å²) >= 11 is 6.37. The summed E-state index contributed by atoms with van der Waals surface area (Å²) in [5, 5.41) is 3.67. The van der Waals surface area contributed by atoms with E-state index >= 15 is 0 Å². The molecule has 1 fully saturated rings. The second-order valence-electron chi connectivity index (χ2n) is 7.87. The molecule has 1 aliphatic carbocycles. The van der Waals surface area contributed by atoms with Crippen LogP contribution in [0.3, 0.4) is 0 Å². The van der Waals surface area contributed by atoms with Crippen molar-refractivity contribution >= 4 is 34.3 Å². The van der Waals surface area contributed by atoms with Gasteiger partial charge in [-0.1, -0.05) is 30.9 Å². The first-order valence-electron chi connectivity index (χ1n) is 10.8. The second-order valence-corrected chi connectivity index (χ2v) is 8.28. The number of anilines is 1. The van der Waals surface area contributed by atoms with Crippen LogP contribution in [0.5, 0.6) is 23.1 Å². The molecule has 2 aromatic carbocycles. The summed E-state index contributed by atoms with van der Waals surface area (Å²) in [5.41, 5.74) is 1.08. The van der Waals surface area contributed by atoms with Crippen LogP contribution in [0.25, 0.3) is 10.9 Å². The molecule has 0 spiro atoms. The maximum atomic E-state index is 12.2. The first-order valence-corrected chi connectivity index (χ1v) is 11.2. The summed E-state index contributed by atoms with van der Waals surface area (Å²) in [6.45, 7) is 0.430. The van der Waals surface area contributed by atoms with Gasteiger partial charge in [0.15, 0.2) is 11.5 Å². The normalized spacial score (nSPS) is 14.0. The van der Waals surface area contributed by atoms with E-state index in [9.17, 15) is 4.79 Å². The number of benzene rings is 2. The molecule has 8 nitrogen and oxygen atoms in total. The summed E-state index contributed by atoms with van der Waals surface area (Å²) in [6.07, 6.45) is 6.77. The first-order chi connectivity index (χ1) is 16.1. The smallest absolute Gasteiger partial charge is 0.411 e. The SMILES string of the molecule is COc1cc2ncnc(Oc3ccc(NC(=O)OCC4CCCCC4)c(Cl)c3)c2cc1OC. The van der Waals surface area contributed by atoms with Gasteiger partial charge in [0.1, 0.15) is 12.1 Å². The molecular formula is C24H26ClN3O5. The van der Waals surface area contributed by atoms with Crippen LogP contribution in [0.1, 0.15) is 32.1 Å². The third-order valence-corrected chi connectivity index (χ3v) is 5.98. The van der Waals surface area contributed by atoms with Crippen molar-refractivity contribution in [2.75, 3.05) is 26.1 Å². The van der Waals surface area contributed by atoms with E-state index in [1.807, 2.05) is 0 Å². The summed E-state index contributed by atoms with van der Waals surface area (Å²) in [7, 11) is 3.12. The quantitative estimate of drug-likeness (QED) is 0.437. The van der Waals surface area contributed by atoms with Gasteiger partial charge < -0.3 is 18.9 Å². The molecule has 1 N–H and O–H groups in total. The lowest BCUT2D eigenvalue weighted by Crippen LogP contribution is -2.20. The van der Waals surface area contributed by atoms with Crippen molar-refractivity contribution in [2.45, 2.75) is 32.1 Å². The fraction of sp³-hybridized carbons (Fsp3) is 0.375. The van der Waals surface area contributed by atoms with E-state index in [1.54, 1.807) is 44.6 Å². The molecule has 33 heavy (non-hydrogen) atoms. The molecule has 0 radical (unpaired) electrons. The molecule has 1 amide bonds. The van der Waals surface area contributed by atoms with Crippen molar-refractivity contribution in [2.24, 2.45) is 5.92 Å². The van der Waals surface area contributed by atoms with Crippen LogP contribution >= 0.6 is 11.6 Å². The van der Waals surface area contributed by atoms with E-state index in [0.29, 0.717) is 57.3 Å². The van der Waals surface area contributed by atoms with Gasteiger partial charge in [0, 0.05) is 12.1 Å². The van der Waals surface area contributed by atoms with Crippen molar-refractivity contribution in [1.82, 2.24) is 9.97 Å². The molecular weight excluding hydrogens is 446 g/mol. The summed E-state index contributed by atoms with van der Waals surface area (Å²) in [6, 6.07) is 8.46. The van der Waals surface area contributed by atoms with Crippen molar-refractivity contribution < 1.29 is 23.7 Å². The van der Waals surface area contributed by atoms with Gasteiger partial charge in [-0.15, -0.1) is 0 Å². The fourth-order valence-electron chi connectivity index (χ4n) is 3.91. The predicted molar refractivity (Wildman–Crippen MR) is 126 cm³/mol. The van der Waals surface area contributed by atoms with Crippen LogP contribution in [0.2, 0.25) is 5.02 Å². The Morgan fingerprint density at radius 2 is 1.82 bits per heavy atom. The summed E-state index contributed by atoms with van der Waals surface area (Å²) in [4.78, 5) is 20.7. The number of nitrogens with zero attached hydrogens (tertiary/aromatic N) is 2. The third kappa shape index (κ3) is 5.57. The van der Waals surface area contributed by atoms with Crippen LogP contribution in [-0.2, 0) is 4.74 Å². The average Bonchev–Trinajstić information content (AvgIpc) is 2.84. The highest BCUT2D eigenvalue weighted by Gasteiger charge is 2.17. The monoisotopic (exact) mass is 471 g/mol. The van der Waals surface area contributed by atoms with E-state index in [0.717, 1.165) is 12.8 Å². The van der Waals surface area contributed by atoms with Gasteiger partial charge in [-0.05, 0) is 37.0 Å². The number of amides is 1. The molecule has 1 heterocycles. The van der Waals surface area contributed by atoms with Gasteiger partial charge in [0.25, 0.3) is 0 Å². The molecule has 174 valence electrons. The van der Waals surface area contributed by atoms with Crippen LogP contribution in [0, 0.1) is 5.92 Å². The van der Waals surface area contributed by atoms with Crippen LogP contribution in [0.15, 0.2) is 36.7 Å². The number of rotatable bonds is 7. The van der Waals surface area contributed by atoms with Gasteiger partial charge in [0.2, 0.25) is 5.88 Å². The number of aromatic nitrogens is 2. The fourth-order valence-corrected chi connectivity index (χ4v) is 4.12. The molecule has 1 aliphatic rings. The van der Waals surface area contributed by atoms with Gasteiger partial charge in [-0.3, -0.25) is 5.32 Å². The molecule has 0 unspecified atom stereocenters. The number of hydrogen-bond donors (Lipinski definition) is 1. The molecule has 0 saturated heterocycles. The van der Waals surface area contributed by atoms with Gasteiger partial charge in [0.05, 0.1) is 42.4 Å². The lowest BCUT2D eigenvalue weighted by molar-refractivity contribution is 0.128. The number of methoxy groups -OCH3 is 2. The number of fused-ring (bicyclic) bond motifs is 1. The zero-order valence-corrected chi connectivity index (χ0v) is 19.4. The maximum Gasteiger partial charge on any atom is 0.411 e. The highest BCUT2D eigenvalue weighted by atomic mass is 35.5. The Morgan fingerprint density at radius 3 is 2.55 bits per heavy atom. The molecule has 3 aromatic rings. The molecule has 1 aromatic heterocycles. The van der Waals surface area contributed by atoms with Gasteiger partial charge in [-0.25, -0.2) is 14.8 Å². The Morgan fingerprint density at radius 1 is 1.06 bits per heavy atom. The minimum absolute atomic E-state index is 0.319. The van der Waals surface area contributed by atoms with Crippen molar-refractivity contribution in [1.29, 1.82) is 0 Å². The molecule has 0 atom stereocenters. The number of carbonyl (C=O) groups excluding carboxylic acids is 1. The standard InChI is InChI=1S/C24H26ClN3O5/c1-30-21-11-17-20(12-22(21)31-2)26-14-27-23(17)33-16-8-9-19(18(25)10-16)28-24(29)32-13-15-6-4-3-5-7-15/h8-12,14-15H,3-7,13H2,1-2H3,(H,28,29). The summed E-state index contributed by atoms with van der Waals surface area (Å²) in [5.74, 6) is 2.33. The number of halogens is 1. The zero-order chi connectivity index (χ0) is 23.2. The molecule has 9 heteroatoms. The lowest BCUT2D eigenvalue weighted by Gasteiger charge is -2.21. The highest BCUT2D eigenvalue weighted by Crippen LogP contribution is 2.37. The second kappa shape index (κ2) is 10.6. The van der Waals surface area contributed by atoms with E-state index in [4.69, 9.17) is 30.5 Å². The van der Waals surface area contributed by atoms with Crippen molar-refractivity contribution in [3.8, 4) is 23.1 Å². The van der Waals surface area contributed by atoms with E-state index in [1.165, 1.54) is 25.6 Å². The Hall–Kier alpha value is -3.26.